The number of benzene rings is 1. The molecule has 1 aromatic carbocycles. The zero-order valence-electron chi connectivity index (χ0n) is 17.8. The number of fused-ring (bicyclic) bond motifs is 1. The number of hydrogen-bond acceptors (Lipinski definition) is 7. The lowest BCUT2D eigenvalue weighted by Gasteiger charge is -2.16. The SMILES string of the molecule is Cn1c(=O)c2c(nc(NCc3ccco3)n2C[C@@H](O)COc2ccc(Cl)cc2Cl)n(C)c1=O. The van der Waals surface area contributed by atoms with Gasteiger partial charge in [0.1, 0.15) is 24.2 Å². The molecule has 4 rings (SSSR count). The van der Waals surface area contributed by atoms with Crippen LogP contribution < -0.4 is 21.3 Å². The van der Waals surface area contributed by atoms with E-state index < -0.39 is 17.4 Å². The van der Waals surface area contributed by atoms with E-state index in [4.69, 9.17) is 32.4 Å². The van der Waals surface area contributed by atoms with E-state index in [0.29, 0.717) is 27.5 Å². The normalized spacial score (nSPS) is 12.3. The number of aliphatic hydroxyl groups is 1. The predicted molar refractivity (Wildman–Crippen MR) is 124 cm³/mol. The zero-order chi connectivity index (χ0) is 23.7. The lowest BCUT2D eigenvalue weighted by Crippen LogP contribution is -2.38. The maximum atomic E-state index is 12.9. The largest absolute Gasteiger partial charge is 0.489 e. The van der Waals surface area contributed by atoms with E-state index >= 15 is 0 Å². The number of aryl methyl sites for hydroxylation is 1. The second-order valence-corrected chi connectivity index (χ2v) is 8.24. The monoisotopic (exact) mass is 493 g/mol. The van der Waals surface area contributed by atoms with E-state index in [2.05, 4.69) is 10.3 Å². The molecule has 33 heavy (non-hydrogen) atoms. The third-order valence-corrected chi connectivity index (χ3v) is 5.60. The topological polar surface area (TPSA) is 116 Å². The molecule has 0 saturated carbocycles. The molecule has 0 aliphatic carbocycles. The molecule has 0 aliphatic heterocycles. The Balaban J connectivity index is 1.65. The van der Waals surface area contributed by atoms with Gasteiger partial charge in [-0.15, -0.1) is 0 Å². The van der Waals surface area contributed by atoms with Crippen LogP contribution in [0.5, 0.6) is 5.75 Å². The molecule has 3 aromatic heterocycles. The van der Waals surface area contributed by atoms with Crippen molar-refractivity contribution in [3.63, 3.8) is 0 Å². The van der Waals surface area contributed by atoms with Crippen LogP contribution in [0, 0.1) is 0 Å². The number of aliphatic hydroxyl groups excluding tert-OH is 1. The van der Waals surface area contributed by atoms with Crippen molar-refractivity contribution >= 4 is 40.3 Å². The third-order valence-electron chi connectivity index (χ3n) is 5.07. The lowest BCUT2D eigenvalue weighted by molar-refractivity contribution is 0.0938. The number of halogens is 2. The Kier molecular flexibility index (Phi) is 6.50. The maximum Gasteiger partial charge on any atom is 0.332 e. The molecule has 0 unspecified atom stereocenters. The summed E-state index contributed by atoms with van der Waals surface area (Å²) in [4.78, 5) is 29.7. The van der Waals surface area contributed by atoms with Crippen LogP contribution in [-0.2, 0) is 27.2 Å². The van der Waals surface area contributed by atoms with Gasteiger partial charge in [-0.3, -0.25) is 13.9 Å². The third kappa shape index (κ3) is 4.63. The molecule has 174 valence electrons. The molecule has 0 bridgehead atoms. The van der Waals surface area contributed by atoms with Crippen LogP contribution in [0.2, 0.25) is 10.0 Å². The lowest BCUT2D eigenvalue weighted by atomic mass is 10.3. The summed E-state index contributed by atoms with van der Waals surface area (Å²) in [5.41, 5.74) is -0.666. The Hall–Kier alpha value is -3.21. The van der Waals surface area contributed by atoms with Gasteiger partial charge in [0, 0.05) is 19.1 Å². The zero-order valence-corrected chi connectivity index (χ0v) is 19.3. The van der Waals surface area contributed by atoms with Crippen LogP contribution in [-0.4, -0.2) is 36.5 Å². The van der Waals surface area contributed by atoms with Gasteiger partial charge in [0.15, 0.2) is 11.2 Å². The highest BCUT2D eigenvalue weighted by atomic mass is 35.5. The van der Waals surface area contributed by atoms with Crippen molar-refractivity contribution < 1.29 is 14.3 Å². The maximum absolute atomic E-state index is 12.9. The van der Waals surface area contributed by atoms with Crippen molar-refractivity contribution in [2.75, 3.05) is 11.9 Å². The Morgan fingerprint density at radius 1 is 1.21 bits per heavy atom. The number of anilines is 1. The first-order valence-electron chi connectivity index (χ1n) is 9.94. The van der Waals surface area contributed by atoms with Gasteiger partial charge in [-0.05, 0) is 30.3 Å². The second-order valence-electron chi connectivity index (χ2n) is 7.40. The summed E-state index contributed by atoms with van der Waals surface area (Å²) in [5.74, 6) is 1.31. The number of aromatic nitrogens is 4. The van der Waals surface area contributed by atoms with Crippen molar-refractivity contribution in [2.45, 2.75) is 19.2 Å². The van der Waals surface area contributed by atoms with E-state index in [-0.39, 0.29) is 30.9 Å². The average molecular weight is 494 g/mol. The van der Waals surface area contributed by atoms with Crippen molar-refractivity contribution in [2.24, 2.45) is 14.1 Å². The molecule has 0 saturated heterocycles. The summed E-state index contributed by atoms with van der Waals surface area (Å²) in [6.07, 6.45) is 0.517. The molecular formula is C21H21Cl2N5O5. The number of furan rings is 1. The van der Waals surface area contributed by atoms with Crippen LogP contribution in [0.3, 0.4) is 0 Å². The van der Waals surface area contributed by atoms with E-state index in [1.54, 1.807) is 30.5 Å². The predicted octanol–water partition coefficient (Wildman–Crippen LogP) is 2.39. The Morgan fingerprint density at radius 2 is 2.00 bits per heavy atom. The molecular weight excluding hydrogens is 473 g/mol. The summed E-state index contributed by atoms with van der Waals surface area (Å²) in [5, 5.41) is 14.6. The molecule has 1 atom stereocenters. The van der Waals surface area contributed by atoms with Crippen LogP contribution >= 0.6 is 23.2 Å². The molecule has 12 heteroatoms. The van der Waals surface area contributed by atoms with Crippen LogP contribution in [0.4, 0.5) is 5.95 Å². The molecule has 0 radical (unpaired) electrons. The fourth-order valence-corrected chi connectivity index (χ4v) is 3.84. The molecule has 0 aliphatic rings. The number of rotatable bonds is 8. The van der Waals surface area contributed by atoms with Gasteiger partial charge in [0.25, 0.3) is 5.56 Å². The molecule has 0 amide bonds. The summed E-state index contributed by atoms with van der Waals surface area (Å²) in [6.45, 7) is 0.151. The van der Waals surface area contributed by atoms with Crippen molar-refractivity contribution in [1.82, 2.24) is 18.7 Å². The smallest absolute Gasteiger partial charge is 0.332 e. The number of imidazole rings is 1. The standard InChI is InChI=1S/C21H21Cl2N5O5/c1-26-18-17(19(30)27(2)21(26)31)28(20(25-18)24-9-14-4-3-7-32-14)10-13(29)11-33-16-6-5-12(22)8-15(16)23/h3-8,13,29H,9-11H2,1-2H3,(H,24,25)/t13-/m1/s1. The molecule has 0 spiro atoms. The first kappa shape index (κ1) is 23.0. The van der Waals surface area contributed by atoms with Gasteiger partial charge in [0.05, 0.1) is 24.4 Å². The van der Waals surface area contributed by atoms with E-state index in [1.807, 2.05) is 0 Å². The highest BCUT2D eigenvalue weighted by Crippen LogP contribution is 2.27. The first-order valence-corrected chi connectivity index (χ1v) is 10.7. The number of ether oxygens (including phenoxy) is 1. The van der Waals surface area contributed by atoms with Crippen LogP contribution in [0.15, 0.2) is 50.6 Å². The second kappa shape index (κ2) is 9.34. The highest BCUT2D eigenvalue weighted by molar-refractivity contribution is 6.35. The number of nitrogens with one attached hydrogen (secondary N) is 1. The molecule has 0 fully saturated rings. The fourth-order valence-electron chi connectivity index (χ4n) is 3.38. The number of nitrogens with zero attached hydrogens (tertiary/aromatic N) is 4. The molecule has 4 aromatic rings. The van der Waals surface area contributed by atoms with E-state index in [9.17, 15) is 14.7 Å². The minimum Gasteiger partial charge on any atom is -0.489 e. The minimum atomic E-state index is -1.03. The van der Waals surface area contributed by atoms with Crippen molar-refractivity contribution in [1.29, 1.82) is 0 Å². The van der Waals surface area contributed by atoms with Gasteiger partial charge in [0.2, 0.25) is 5.95 Å². The quantitative estimate of drug-likeness (QED) is 0.387. The van der Waals surface area contributed by atoms with Gasteiger partial charge >= 0.3 is 5.69 Å². The summed E-state index contributed by atoms with van der Waals surface area (Å²) in [6, 6.07) is 8.30. The first-order chi connectivity index (χ1) is 15.8. The van der Waals surface area contributed by atoms with E-state index in [0.717, 1.165) is 4.57 Å². The van der Waals surface area contributed by atoms with Gasteiger partial charge in [-0.25, -0.2) is 4.79 Å². The van der Waals surface area contributed by atoms with Crippen molar-refractivity contribution in [3.05, 3.63) is 73.2 Å². The minimum absolute atomic E-state index is 0.0321. The summed E-state index contributed by atoms with van der Waals surface area (Å²) >= 11 is 12.0. The van der Waals surface area contributed by atoms with Crippen LogP contribution in [0.25, 0.3) is 11.2 Å². The number of hydrogen-bond donors (Lipinski definition) is 2. The Labute approximate surface area is 197 Å². The summed E-state index contributed by atoms with van der Waals surface area (Å²) in [7, 11) is 2.92. The van der Waals surface area contributed by atoms with Crippen LogP contribution in [0.1, 0.15) is 5.76 Å². The Bertz CT molecular complexity index is 1410. The van der Waals surface area contributed by atoms with Crippen molar-refractivity contribution in [3.8, 4) is 5.75 Å². The molecule has 3 heterocycles. The fraction of sp³-hybridized carbons (Fsp3) is 0.286. The summed E-state index contributed by atoms with van der Waals surface area (Å²) < 4.78 is 14.8. The van der Waals surface area contributed by atoms with Gasteiger partial charge in [-0.1, -0.05) is 23.2 Å². The van der Waals surface area contributed by atoms with E-state index in [1.165, 1.54) is 29.3 Å². The van der Waals surface area contributed by atoms with Gasteiger partial charge < -0.3 is 24.1 Å². The Morgan fingerprint density at radius 3 is 2.70 bits per heavy atom. The highest BCUT2D eigenvalue weighted by Gasteiger charge is 2.21. The molecule has 10 nitrogen and oxygen atoms in total. The average Bonchev–Trinajstić information content (AvgIpc) is 3.42. The molecule has 2 N–H and O–H groups in total. The van der Waals surface area contributed by atoms with Gasteiger partial charge in [-0.2, -0.15) is 4.98 Å².